The number of carbonyl (C=O) groups excluding carboxylic acids is 2. The van der Waals surface area contributed by atoms with Crippen LogP contribution in [0, 0.1) is 13.8 Å². The molecule has 1 saturated heterocycles. The highest BCUT2D eigenvalue weighted by Gasteiger charge is 2.30. The second-order valence-electron chi connectivity index (χ2n) is 8.00. The molecule has 2 aromatic carbocycles. The SMILES string of the molecule is Cc1nc2ccc(C(=O)N3CCOC(C(=O)Nc4cc(-c5ccccc5C)[nH]n4)C3)cc2s1. The number of carbonyl (C=O) groups is 2. The van der Waals surface area contributed by atoms with Crippen LogP contribution in [0.2, 0.25) is 0 Å². The second-order valence-corrected chi connectivity index (χ2v) is 9.23. The summed E-state index contributed by atoms with van der Waals surface area (Å²) >= 11 is 1.56. The van der Waals surface area contributed by atoms with Crippen molar-refractivity contribution < 1.29 is 14.3 Å². The topological polar surface area (TPSA) is 100 Å². The number of thiazole rings is 1. The second kappa shape index (κ2) is 8.76. The third-order valence-corrected chi connectivity index (χ3v) is 6.59. The summed E-state index contributed by atoms with van der Waals surface area (Å²) in [6, 6.07) is 15.2. The molecule has 0 radical (unpaired) electrons. The lowest BCUT2D eigenvalue weighted by Gasteiger charge is -2.32. The van der Waals surface area contributed by atoms with Crippen LogP contribution in [-0.4, -0.2) is 57.7 Å². The number of morpholine rings is 1. The molecule has 2 aromatic heterocycles. The van der Waals surface area contributed by atoms with Crippen LogP contribution in [-0.2, 0) is 9.53 Å². The number of nitrogens with one attached hydrogen (secondary N) is 2. The van der Waals surface area contributed by atoms with E-state index in [1.165, 1.54) is 0 Å². The van der Waals surface area contributed by atoms with Crippen LogP contribution in [0.4, 0.5) is 5.82 Å². The number of ether oxygens (including phenoxy) is 1. The van der Waals surface area contributed by atoms with Crippen molar-refractivity contribution in [2.24, 2.45) is 0 Å². The van der Waals surface area contributed by atoms with Crippen LogP contribution in [0.25, 0.3) is 21.5 Å². The lowest BCUT2D eigenvalue weighted by molar-refractivity contribution is -0.131. The van der Waals surface area contributed by atoms with Crippen molar-refractivity contribution in [3.63, 3.8) is 0 Å². The summed E-state index contributed by atoms with van der Waals surface area (Å²) in [5.41, 5.74) is 4.41. The highest BCUT2D eigenvalue weighted by Crippen LogP contribution is 2.25. The number of hydrogen-bond donors (Lipinski definition) is 2. The zero-order valence-corrected chi connectivity index (χ0v) is 19.1. The fourth-order valence-corrected chi connectivity index (χ4v) is 4.82. The maximum atomic E-state index is 13.1. The summed E-state index contributed by atoms with van der Waals surface area (Å²) in [6.07, 6.45) is -0.768. The minimum Gasteiger partial charge on any atom is -0.365 e. The summed E-state index contributed by atoms with van der Waals surface area (Å²) in [5, 5.41) is 10.9. The van der Waals surface area contributed by atoms with Gasteiger partial charge in [-0.05, 0) is 37.6 Å². The zero-order chi connectivity index (χ0) is 22.9. The number of nitrogens with zero attached hydrogens (tertiary/aromatic N) is 3. The molecule has 3 heterocycles. The Hall–Kier alpha value is -3.56. The highest BCUT2D eigenvalue weighted by molar-refractivity contribution is 7.18. The molecule has 1 fully saturated rings. The van der Waals surface area contributed by atoms with Crippen LogP contribution in [0.15, 0.2) is 48.5 Å². The Balaban J connectivity index is 1.26. The molecule has 1 aliphatic heterocycles. The van der Waals surface area contributed by atoms with E-state index >= 15 is 0 Å². The van der Waals surface area contributed by atoms with E-state index in [4.69, 9.17) is 4.74 Å². The van der Waals surface area contributed by atoms with Crippen LogP contribution < -0.4 is 5.32 Å². The molecule has 0 bridgehead atoms. The number of anilines is 1. The van der Waals surface area contributed by atoms with Gasteiger partial charge in [0.25, 0.3) is 11.8 Å². The minimum atomic E-state index is -0.768. The van der Waals surface area contributed by atoms with Gasteiger partial charge in [-0.2, -0.15) is 5.10 Å². The van der Waals surface area contributed by atoms with E-state index < -0.39 is 6.10 Å². The predicted octanol–water partition coefficient (Wildman–Crippen LogP) is 3.78. The molecule has 4 aromatic rings. The van der Waals surface area contributed by atoms with Crippen molar-refractivity contribution in [1.82, 2.24) is 20.1 Å². The van der Waals surface area contributed by atoms with E-state index in [1.54, 1.807) is 28.4 Å². The van der Waals surface area contributed by atoms with Crippen LogP contribution in [0.5, 0.6) is 0 Å². The van der Waals surface area contributed by atoms with Crippen molar-refractivity contribution in [2.75, 3.05) is 25.0 Å². The third kappa shape index (κ3) is 4.37. The number of aromatic amines is 1. The first-order chi connectivity index (χ1) is 16.0. The van der Waals surface area contributed by atoms with E-state index in [0.717, 1.165) is 32.0 Å². The van der Waals surface area contributed by atoms with Crippen molar-refractivity contribution >= 4 is 39.2 Å². The Morgan fingerprint density at radius 2 is 2.03 bits per heavy atom. The lowest BCUT2D eigenvalue weighted by atomic mass is 10.1. The molecular weight excluding hydrogens is 438 g/mol. The normalized spacial score (nSPS) is 16.2. The molecule has 0 spiro atoms. The molecule has 0 aliphatic carbocycles. The number of H-pyrrole nitrogens is 1. The summed E-state index contributed by atoms with van der Waals surface area (Å²) in [6.45, 7) is 4.87. The number of benzene rings is 2. The molecule has 1 atom stereocenters. The number of aryl methyl sites for hydroxylation is 2. The molecule has 168 valence electrons. The van der Waals surface area contributed by atoms with Gasteiger partial charge < -0.3 is 15.0 Å². The maximum absolute atomic E-state index is 13.1. The minimum absolute atomic E-state index is 0.120. The van der Waals surface area contributed by atoms with Gasteiger partial charge in [-0.3, -0.25) is 14.7 Å². The van der Waals surface area contributed by atoms with E-state index in [2.05, 4.69) is 20.5 Å². The Bertz CT molecular complexity index is 1340. The molecule has 1 unspecified atom stereocenters. The highest BCUT2D eigenvalue weighted by atomic mass is 32.1. The largest absolute Gasteiger partial charge is 0.365 e. The smallest absolute Gasteiger partial charge is 0.256 e. The monoisotopic (exact) mass is 461 g/mol. The molecule has 5 rings (SSSR count). The van der Waals surface area contributed by atoms with Gasteiger partial charge in [-0.25, -0.2) is 4.98 Å². The van der Waals surface area contributed by atoms with Crippen molar-refractivity contribution in [1.29, 1.82) is 0 Å². The summed E-state index contributed by atoms with van der Waals surface area (Å²) in [4.78, 5) is 32.0. The fraction of sp³-hybridized carbons (Fsp3) is 0.250. The summed E-state index contributed by atoms with van der Waals surface area (Å²) in [7, 11) is 0. The number of hydrogen-bond acceptors (Lipinski definition) is 6. The molecule has 9 heteroatoms. The molecule has 2 amide bonds. The molecule has 33 heavy (non-hydrogen) atoms. The molecule has 0 saturated carbocycles. The Morgan fingerprint density at radius 3 is 2.88 bits per heavy atom. The van der Waals surface area contributed by atoms with E-state index in [9.17, 15) is 9.59 Å². The maximum Gasteiger partial charge on any atom is 0.256 e. The van der Waals surface area contributed by atoms with Crippen LogP contribution in [0.3, 0.4) is 0 Å². The molecule has 2 N–H and O–H groups in total. The van der Waals surface area contributed by atoms with Gasteiger partial charge in [-0.15, -0.1) is 11.3 Å². The zero-order valence-electron chi connectivity index (χ0n) is 18.3. The fourth-order valence-electron chi connectivity index (χ4n) is 3.95. The standard InChI is InChI=1S/C24H23N5O3S/c1-14-5-3-4-6-17(14)19-12-22(28-27-19)26-23(30)20-13-29(9-10-32-20)24(31)16-7-8-18-21(11-16)33-15(2)25-18/h3-8,11-12,20H,9-10,13H2,1-2H3,(H2,26,27,28,30). The predicted molar refractivity (Wildman–Crippen MR) is 127 cm³/mol. The Morgan fingerprint density at radius 1 is 1.18 bits per heavy atom. The number of rotatable bonds is 4. The van der Waals surface area contributed by atoms with Gasteiger partial charge >= 0.3 is 0 Å². The average molecular weight is 462 g/mol. The van der Waals surface area contributed by atoms with Gasteiger partial charge in [0.2, 0.25) is 0 Å². The van der Waals surface area contributed by atoms with Gasteiger partial charge in [0.05, 0.1) is 34.1 Å². The number of aromatic nitrogens is 3. The van der Waals surface area contributed by atoms with Gasteiger partial charge in [0, 0.05) is 23.7 Å². The Labute approximate surface area is 194 Å². The van der Waals surface area contributed by atoms with E-state index in [0.29, 0.717) is 24.5 Å². The van der Waals surface area contributed by atoms with Crippen LogP contribution in [0.1, 0.15) is 20.9 Å². The van der Waals surface area contributed by atoms with Crippen molar-refractivity contribution in [3.8, 4) is 11.3 Å². The third-order valence-electron chi connectivity index (χ3n) is 5.65. The van der Waals surface area contributed by atoms with Crippen molar-refractivity contribution in [2.45, 2.75) is 20.0 Å². The van der Waals surface area contributed by atoms with Gasteiger partial charge in [-0.1, -0.05) is 24.3 Å². The first-order valence-electron chi connectivity index (χ1n) is 10.7. The molecule has 1 aliphatic rings. The number of amides is 2. The first kappa shape index (κ1) is 21.3. The average Bonchev–Trinajstić information content (AvgIpc) is 3.43. The van der Waals surface area contributed by atoms with Gasteiger partial charge in [0.1, 0.15) is 0 Å². The van der Waals surface area contributed by atoms with Crippen LogP contribution >= 0.6 is 11.3 Å². The number of fused-ring (bicyclic) bond motifs is 1. The molecular formula is C24H23N5O3S. The lowest BCUT2D eigenvalue weighted by Crippen LogP contribution is -2.50. The van der Waals surface area contributed by atoms with Crippen molar-refractivity contribution in [3.05, 3.63) is 64.7 Å². The first-order valence-corrected chi connectivity index (χ1v) is 11.5. The van der Waals surface area contributed by atoms with Gasteiger partial charge in [0.15, 0.2) is 11.9 Å². The van der Waals surface area contributed by atoms with E-state index in [-0.39, 0.29) is 18.4 Å². The van der Waals surface area contributed by atoms with E-state index in [1.807, 2.05) is 50.2 Å². The molecule has 8 nitrogen and oxygen atoms in total. The summed E-state index contributed by atoms with van der Waals surface area (Å²) < 4.78 is 6.64. The summed E-state index contributed by atoms with van der Waals surface area (Å²) in [5.74, 6) is -0.0363. The quantitative estimate of drug-likeness (QED) is 0.482. The Kier molecular flexibility index (Phi) is 5.65.